The van der Waals surface area contributed by atoms with Crippen molar-refractivity contribution in [3.8, 4) is 0 Å². The van der Waals surface area contributed by atoms with E-state index < -0.39 is 37.5 Å². The van der Waals surface area contributed by atoms with E-state index in [1.165, 1.54) is 77.4 Å². The van der Waals surface area contributed by atoms with Gasteiger partial charge in [-0.3, -0.25) is 0 Å². The summed E-state index contributed by atoms with van der Waals surface area (Å²) in [6, 6.07) is 1.79. The molecule has 4 saturated heterocycles. The molecule has 4 rings (SSSR count). The van der Waals surface area contributed by atoms with Crippen molar-refractivity contribution in [2.75, 3.05) is 204 Å². The number of nitrogens with zero attached hydrogens (tertiary/aromatic N) is 6. The first-order chi connectivity index (χ1) is 33.0. The van der Waals surface area contributed by atoms with Gasteiger partial charge < -0.3 is 83.2 Å². The molecule has 0 aromatic rings. The Bertz CT molecular complexity index is 1460. The number of hydrogen-bond donors (Lipinski definition) is 6. The zero-order valence-electron chi connectivity index (χ0n) is 50.0. The molecule has 4 heterocycles. The van der Waals surface area contributed by atoms with Crippen LogP contribution in [0.3, 0.4) is 0 Å². The van der Waals surface area contributed by atoms with Crippen LogP contribution in [0.1, 0.15) is 97.8 Å². The van der Waals surface area contributed by atoms with Crippen molar-refractivity contribution in [2.45, 2.75) is 133 Å². The van der Waals surface area contributed by atoms with Gasteiger partial charge in [0.05, 0.1) is 185 Å². The highest BCUT2D eigenvalue weighted by molar-refractivity contribution is 6.61. The number of rotatable bonds is 33. The van der Waals surface area contributed by atoms with Crippen LogP contribution < -0.4 is 0 Å². The van der Waals surface area contributed by atoms with Crippen molar-refractivity contribution in [2.24, 2.45) is 0 Å². The van der Waals surface area contributed by atoms with Gasteiger partial charge in [-0.15, -0.1) is 0 Å². The Kier molecular flexibility index (Phi) is 28.9. The van der Waals surface area contributed by atoms with Gasteiger partial charge in [-0.25, -0.2) is 0 Å². The lowest BCUT2D eigenvalue weighted by molar-refractivity contribution is -0.928. The van der Waals surface area contributed by atoms with Crippen molar-refractivity contribution in [3.05, 3.63) is 0 Å². The van der Waals surface area contributed by atoms with E-state index in [1.54, 1.807) is 0 Å². The fourth-order valence-corrected chi connectivity index (χ4v) is 15.1. The summed E-state index contributed by atoms with van der Waals surface area (Å²) in [5, 5.41) is 29.2. The minimum atomic E-state index is -3.80. The lowest BCUT2D eigenvalue weighted by atomic mass is 9.99. The molecule has 0 aromatic heterocycles. The third kappa shape index (κ3) is 23.1. The molecule has 0 atom stereocenters. The normalized spacial score (nSPS) is 24.7. The minimum absolute atomic E-state index is 0.0116. The molecule has 2 bridgehead atoms. The number of likely N-dealkylation sites (N-methyl/N-ethyl adjacent to an activating group) is 3. The van der Waals surface area contributed by atoms with Crippen LogP contribution in [0.15, 0.2) is 0 Å². The van der Waals surface area contributed by atoms with Crippen LogP contribution in [0, 0.1) is 0 Å². The van der Waals surface area contributed by atoms with Gasteiger partial charge in [-0.1, -0.05) is 40.0 Å². The van der Waals surface area contributed by atoms with Crippen LogP contribution in [-0.4, -0.2) is 304 Å². The van der Waals surface area contributed by atoms with E-state index in [1.807, 2.05) is 42.3 Å². The Morgan fingerprint density at radius 1 is 0.500 bits per heavy atom. The van der Waals surface area contributed by atoms with Crippen LogP contribution >= 0.6 is 0 Å². The van der Waals surface area contributed by atoms with E-state index in [0.717, 1.165) is 76.3 Å². The smallest absolute Gasteiger partial charge is 0.390 e. The second-order valence-electron chi connectivity index (χ2n) is 26.6. The standard InChI is InChI=1S/C17H42N2O5Si.C17H40N2O4Si.C17H38N2O3Si/c1-7-8-9-11-19(5,6)12-10-13-25(22,23)24-16-17(14-20,15-21)18(2,3)4;1-7-8-9-11-19(5,6)12-10-13-24(21)22-15-17(14-20,16-23-24)18(2,3)4;1-7-8-9-11-19(5,6)12-10-13-23-20-14-17(15-21-23,16-22-23)18(2,3)4/h20-23H,7-16H2,1-6H3;20-21H,7-16H2,1-6H3;7-16H2,1-6H3/q3*+2. The SMILES string of the molecule is CCCCC[N+](C)(C)CCC[Si](O)(O)OCC(CO)(CO)[N+](C)(C)C.CCCCC[N+](C)(C)CCC[Si]1(O)OCC(CO)([N+](C)(C)C)CO1.CCCCC[N+](C)(C)CCC[Si]12OCC([N+](C)(C)C)(CO1)CO2. The predicted octanol–water partition coefficient (Wildman–Crippen LogP) is 3.18. The molecule has 432 valence electrons. The molecule has 21 heteroatoms. The second kappa shape index (κ2) is 29.8. The zero-order chi connectivity index (χ0) is 55.5. The fourth-order valence-electron chi connectivity index (χ4n) is 9.17. The highest BCUT2D eigenvalue weighted by Gasteiger charge is 2.62. The van der Waals surface area contributed by atoms with E-state index in [0.29, 0.717) is 30.2 Å². The number of aliphatic hydroxyl groups is 3. The van der Waals surface area contributed by atoms with E-state index in [4.69, 9.17) is 26.6 Å². The van der Waals surface area contributed by atoms with Crippen LogP contribution in [0.5, 0.6) is 0 Å². The molecule has 18 nitrogen and oxygen atoms in total. The topological polar surface area (TPSA) is 177 Å². The van der Waals surface area contributed by atoms with Crippen LogP contribution in [0.2, 0.25) is 18.1 Å². The van der Waals surface area contributed by atoms with Crippen LogP contribution in [0.4, 0.5) is 0 Å². The second-order valence-corrected chi connectivity index (χ2v) is 34.1. The summed E-state index contributed by atoms with van der Waals surface area (Å²) in [6.45, 7) is 15.6. The van der Waals surface area contributed by atoms with Crippen molar-refractivity contribution < 1.29 is 83.2 Å². The molecule has 4 aliphatic heterocycles. The highest BCUT2D eigenvalue weighted by Crippen LogP contribution is 2.38. The fraction of sp³-hybridized carbons (Fsp3) is 1.00. The summed E-state index contributed by atoms with van der Waals surface area (Å²) in [5.74, 6) is 0. The van der Waals surface area contributed by atoms with Crippen molar-refractivity contribution >= 4 is 26.4 Å². The first-order valence-electron chi connectivity index (χ1n) is 27.7. The van der Waals surface area contributed by atoms with Gasteiger partial charge in [0.25, 0.3) is 0 Å². The molecule has 0 aliphatic carbocycles. The summed E-state index contributed by atoms with van der Waals surface area (Å²) < 4.78 is 40.1. The third-order valence-corrected chi connectivity index (χ3v) is 22.9. The molecular formula is C51H120N6O12Si3+6. The largest absolute Gasteiger partial charge is 0.501 e. The molecular weight excluding hydrogens is 973 g/mol. The Morgan fingerprint density at radius 3 is 1.21 bits per heavy atom. The monoisotopic (exact) mass is 1090 g/mol. The Labute approximate surface area is 444 Å². The first kappa shape index (κ1) is 69.9. The summed E-state index contributed by atoms with van der Waals surface area (Å²) in [5.41, 5.74) is -1.47. The molecule has 0 spiro atoms. The van der Waals surface area contributed by atoms with E-state index in [9.17, 15) is 29.7 Å². The number of hydrogen-bond acceptors (Lipinski definition) is 12. The average molecular weight is 1090 g/mol. The van der Waals surface area contributed by atoms with Crippen molar-refractivity contribution in [1.82, 2.24) is 0 Å². The van der Waals surface area contributed by atoms with Gasteiger partial charge in [0.15, 0.2) is 16.6 Å². The Hall–Kier alpha value is -0.0694. The third-order valence-electron chi connectivity index (χ3n) is 16.4. The quantitative estimate of drug-likeness (QED) is 0.0323. The number of quaternary nitrogens is 6. The molecule has 0 radical (unpaired) electrons. The Balaban J connectivity index is 0.000000540. The lowest BCUT2D eigenvalue weighted by Crippen LogP contribution is -2.76. The highest BCUT2D eigenvalue weighted by atomic mass is 28.4. The minimum Gasteiger partial charge on any atom is -0.390 e. The van der Waals surface area contributed by atoms with Gasteiger partial charge in [0.1, 0.15) is 19.8 Å². The van der Waals surface area contributed by atoms with E-state index >= 15 is 0 Å². The summed E-state index contributed by atoms with van der Waals surface area (Å²) in [7, 11) is 22.4. The van der Waals surface area contributed by atoms with Crippen LogP contribution in [0.25, 0.3) is 0 Å². The summed E-state index contributed by atoms with van der Waals surface area (Å²) in [4.78, 5) is 31.2. The summed E-state index contributed by atoms with van der Waals surface area (Å²) >= 11 is 0. The molecule has 0 amide bonds. The maximum absolute atomic E-state index is 10.7. The number of unbranched alkanes of at least 4 members (excludes halogenated alkanes) is 6. The molecule has 6 N–H and O–H groups in total. The molecule has 4 aliphatic rings. The van der Waals surface area contributed by atoms with Crippen molar-refractivity contribution in [3.63, 3.8) is 0 Å². The van der Waals surface area contributed by atoms with Gasteiger partial charge in [-0.05, 0) is 38.5 Å². The Morgan fingerprint density at radius 2 is 0.875 bits per heavy atom. The van der Waals surface area contributed by atoms with Gasteiger partial charge in [0, 0.05) is 37.4 Å². The molecule has 0 unspecified atom stereocenters. The zero-order valence-corrected chi connectivity index (χ0v) is 53.0. The number of aliphatic hydroxyl groups excluding tert-OH is 3. The van der Waals surface area contributed by atoms with E-state index in [2.05, 4.69) is 84.2 Å². The van der Waals surface area contributed by atoms with Gasteiger partial charge in [-0.2, -0.15) is 0 Å². The van der Waals surface area contributed by atoms with Crippen molar-refractivity contribution in [1.29, 1.82) is 0 Å². The molecule has 4 fully saturated rings. The lowest BCUT2D eigenvalue weighted by Gasteiger charge is -2.55. The van der Waals surface area contributed by atoms with Gasteiger partial charge in [0.2, 0.25) is 0 Å². The average Bonchev–Trinajstić information content (AvgIpc) is 3.27. The molecule has 72 heavy (non-hydrogen) atoms. The molecule has 0 saturated carbocycles. The maximum atomic E-state index is 10.7. The van der Waals surface area contributed by atoms with Gasteiger partial charge >= 0.3 is 26.4 Å². The molecule has 0 aromatic carbocycles. The number of fused-ring (bicyclic) bond motifs is 3. The first-order valence-corrected chi connectivity index (χ1v) is 33.6. The van der Waals surface area contributed by atoms with E-state index in [-0.39, 0.29) is 42.5 Å². The predicted molar refractivity (Wildman–Crippen MR) is 296 cm³/mol. The maximum Gasteiger partial charge on any atom is 0.501 e. The summed E-state index contributed by atoms with van der Waals surface area (Å²) in [6.07, 6.45) is 14.0. The van der Waals surface area contributed by atoms with Crippen LogP contribution in [-0.2, 0) is 26.6 Å².